The van der Waals surface area contributed by atoms with E-state index < -0.39 is 10.2 Å². The van der Waals surface area contributed by atoms with E-state index in [4.69, 9.17) is 5.26 Å². The van der Waals surface area contributed by atoms with E-state index in [2.05, 4.69) is 14.2 Å². The first kappa shape index (κ1) is 13.3. The summed E-state index contributed by atoms with van der Waals surface area (Å²) in [6, 6.07) is 1.93. The van der Waals surface area contributed by atoms with Crippen molar-refractivity contribution in [2.45, 2.75) is 12.8 Å². The molecular weight excluding hydrogens is 206 g/mol. The number of ether oxygens (including phenoxy) is 1. The number of unbranched alkanes of at least 4 members (excludes halogenated alkanes) is 1. The summed E-state index contributed by atoms with van der Waals surface area (Å²) >= 11 is 0. The Bertz CT molecular complexity index is 270. The first-order chi connectivity index (χ1) is 6.62. The van der Waals surface area contributed by atoms with Gasteiger partial charge in [0.05, 0.1) is 12.7 Å². The highest BCUT2D eigenvalue weighted by atomic mass is 32.2. The second-order valence-electron chi connectivity index (χ2n) is 2.55. The maximum Gasteiger partial charge on any atom is 0.276 e. The van der Waals surface area contributed by atoms with Crippen molar-refractivity contribution >= 4 is 10.2 Å². The van der Waals surface area contributed by atoms with Gasteiger partial charge in [0.2, 0.25) is 0 Å². The topological polar surface area (TPSA) is 91.2 Å². The summed E-state index contributed by atoms with van der Waals surface area (Å²) in [6.07, 6.45) is 0.863. The van der Waals surface area contributed by atoms with E-state index in [1.54, 1.807) is 0 Å². The lowest BCUT2D eigenvalue weighted by Gasteiger charge is -2.06. The molecule has 0 radical (unpaired) electrons. The Morgan fingerprint density at radius 3 is 2.57 bits per heavy atom. The Labute approximate surface area is 84.4 Å². The van der Waals surface area contributed by atoms with Crippen LogP contribution in [0.15, 0.2) is 0 Å². The summed E-state index contributed by atoms with van der Waals surface area (Å²) in [5.74, 6) is 0. The van der Waals surface area contributed by atoms with Crippen LogP contribution in [0.1, 0.15) is 12.8 Å². The van der Waals surface area contributed by atoms with Gasteiger partial charge in [0, 0.05) is 26.6 Å². The molecule has 2 N–H and O–H groups in total. The van der Waals surface area contributed by atoms with Crippen LogP contribution in [0, 0.1) is 11.3 Å². The number of nitrogens with one attached hydrogen (secondary N) is 2. The molecule has 0 aromatic heterocycles. The third-order valence-electron chi connectivity index (χ3n) is 1.36. The van der Waals surface area contributed by atoms with Gasteiger partial charge in [-0.1, -0.05) is 0 Å². The van der Waals surface area contributed by atoms with Crippen molar-refractivity contribution in [3.63, 3.8) is 0 Å². The van der Waals surface area contributed by atoms with Crippen molar-refractivity contribution in [2.24, 2.45) is 0 Å². The van der Waals surface area contributed by atoms with Crippen LogP contribution in [0.2, 0.25) is 0 Å². The van der Waals surface area contributed by atoms with Gasteiger partial charge in [-0.3, -0.25) is 0 Å². The standard InChI is InChI=1S/C7H15N3O3S/c1-13-7-6-10-14(11,12)9-5-3-2-4-8/h9-10H,2-3,5-7H2,1H3. The van der Waals surface area contributed by atoms with Crippen molar-refractivity contribution in [1.29, 1.82) is 5.26 Å². The number of hydrogen-bond acceptors (Lipinski definition) is 4. The van der Waals surface area contributed by atoms with Gasteiger partial charge in [-0.05, 0) is 6.42 Å². The Kier molecular flexibility index (Phi) is 7.32. The summed E-state index contributed by atoms with van der Waals surface area (Å²) < 4.78 is 31.5. The van der Waals surface area contributed by atoms with Crippen LogP contribution in [0.3, 0.4) is 0 Å². The Balaban J connectivity index is 3.58. The zero-order chi connectivity index (χ0) is 10.9. The van der Waals surface area contributed by atoms with Gasteiger partial charge in [-0.15, -0.1) is 0 Å². The van der Waals surface area contributed by atoms with E-state index in [1.165, 1.54) is 7.11 Å². The molecule has 14 heavy (non-hydrogen) atoms. The van der Waals surface area contributed by atoms with Crippen LogP contribution in [0.4, 0.5) is 0 Å². The number of hydrogen-bond donors (Lipinski definition) is 2. The van der Waals surface area contributed by atoms with Crippen LogP contribution in [-0.2, 0) is 14.9 Å². The molecule has 6 nitrogen and oxygen atoms in total. The Morgan fingerprint density at radius 1 is 1.36 bits per heavy atom. The molecule has 0 aliphatic carbocycles. The molecule has 82 valence electrons. The van der Waals surface area contributed by atoms with E-state index in [9.17, 15) is 8.42 Å². The fourth-order valence-corrected chi connectivity index (χ4v) is 1.57. The molecular formula is C7H15N3O3S. The van der Waals surface area contributed by atoms with E-state index >= 15 is 0 Å². The minimum absolute atomic E-state index is 0.240. The second-order valence-corrected chi connectivity index (χ2v) is 4.13. The first-order valence-electron chi connectivity index (χ1n) is 4.22. The molecule has 0 fully saturated rings. The minimum Gasteiger partial charge on any atom is -0.383 e. The van der Waals surface area contributed by atoms with Crippen molar-refractivity contribution < 1.29 is 13.2 Å². The first-order valence-corrected chi connectivity index (χ1v) is 5.71. The van der Waals surface area contributed by atoms with Gasteiger partial charge >= 0.3 is 0 Å². The lowest BCUT2D eigenvalue weighted by atomic mass is 10.3. The number of nitriles is 1. The molecule has 0 aromatic carbocycles. The predicted molar refractivity (Wildman–Crippen MR) is 51.6 cm³/mol. The maximum absolute atomic E-state index is 11.1. The molecule has 0 saturated carbocycles. The van der Waals surface area contributed by atoms with Gasteiger partial charge in [0.1, 0.15) is 0 Å². The highest BCUT2D eigenvalue weighted by Gasteiger charge is 2.06. The zero-order valence-electron chi connectivity index (χ0n) is 8.12. The fraction of sp³-hybridized carbons (Fsp3) is 0.857. The third kappa shape index (κ3) is 7.94. The lowest BCUT2D eigenvalue weighted by Crippen LogP contribution is -2.38. The van der Waals surface area contributed by atoms with E-state index in [1.807, 2.05) is 6.07 Å². The smallest absolute Gasteiger partial charge is 0.276 e. The average Bonchev–Trinajstić information content (AvgIpc) is 2.13. The summed E-state index contributed by atoms with van der Waals surface area (Å²) in [5, 5.41) is 8.21. The third-order valence-corrected chi connectivity index (χ3v) is 2.52. The molecule has 0 saturated heterocycles. The molecule has 0 rings (SSSR count). The van der Waals surface area contributed by atoms with Crippen LogP contribution >= 0.6 is 0 Å². The average molecular weight is 221 g/mol. The SMILES string of the molecule is COCCNS(=O)(=O)NCCCC#N. The summed E-state index contributed by atoms with van der Waals surface area (Å²) in [5.41, 5.74) is 0. The molecule has 0 aliphatic heterocycles. The molecule has 0 aliphatic rings. The molecule has 0 spiro atoms. The number of methoxy groups -OCH3 is 1. The van der Waals surface area contributed by atoms with Gasteiger partial charge in [0.15, 0.2) is 0 Å². The van der Waals surface area contributed by atoms with E-state index in [0.29, 0.717) is 19.4 Å². The largest absolute Gasteiger partial charge is 0.383 e. The van der Waals surface area contributed by atoms with Gasteiger partial charge in [-0.25, -0.2) is 4.72 Å². The molecule has 0 unspecified atom stereocenters. The van der Waals surface area contributed by atoms with Gasteiger partial charge in [-0.2, -0.15) is 18.4 Å². The highest BCUT2D eigenvalue weighted by molar-refractivity contribution is 7.87. The van der Waals surface area contributed by atoms with Crippen LogP contribution < -0.4 is 9.44 Å². The van der Waals surface area contributed by atoms with E-state index in [-0.39, 0.29) is 13.1 Å². The monoisotopic (exact) mass is 221 g/mol. The number of nitrogens with zero attached hydrogens (tertiary/aromatic N) is 1. The van der Waals surface area contributed by atoms with Crippen LogP contribution in [0.5, 0.6) is 0 Å². The minimum atomic E-state index is -3.42. The summed E-state index contributed by atoms with van der Waals surface area (Å²) in [7, 11) is -1.93. The maximum atomic E-state index is 11.1. The van der Waals surface area contributed by atoms with Gasteiger partial charge in [0.25, 0.3) is 10.2 Å². The molecule has 0 amide bonds. The fourth-order valence-electron chi connectivity index (χ4n) is 0.703. The Morgan fingerprint density at radius 2 is 2.00 bits per heavy atom. The normalized spacial score (nSPS) is 11.1. The van der Waals surface area contributed by atoms with Crippen molar-refractivity contribution in [3.05, 3.63) is 0 Å². The molecule has 0 bridgehead atoms. The molecule has 7 heteroatoms. The lowest BCUT2D eigenvalue weighted by molar-refractivity contribution is 0.204. The zero-order valence-corrected chi connectivity index (χ0v) is 8.93. The summed E-state index contributed by atoms with van der Waals surface area (Å²) in [6.45, 7) is 0.846. The molecule has 0 aromatic rings. The van der Waals surface area contributed by atoms with Crippen molar-refractivity contribution in [3.8, 4) is 6.07 Å². The highest BCUT2D eigenvalue weighted by Crippen LogP contribution is 1.85. The molecule has 0 heterocycles. The second kappa shape index (κ2) is 7.70. The van der Waals surface area contributed by atoms with E-state index in [0.717, 1.165) is 0 Å². The van der Waals surface area contributed by atoms with Gasteiger partial charge < -0.3 is 4.74 Å². The van der Waals surface area contributed by atoms with Crippen molar-refractivity contribution in [1.82, 2.24) is 9.44 Å². The molecule has 0 atom stereocenters. The predicted octanol–water partition coefficient (Wildman–Crippen LogP) is -0.639. The summed E-state index contributed by atoms with van der Waals surface area (Å²) in [4.78, 5) is 0. The quantitative estimate of drug-likeness (QED) is 0.533. The number of rotatable bonds is 8. The van der Waals surface area contributed by atoms with Crippen molar-refractivity contribution in [2.75, 3.05) is 26.8 Å². The van der Waals surface area contributed by atoms with Crippen LogP contribution in [-0.4, -0.2) is 35.2 Å². The Hall–Kier alpha value is -0.680. The van der Waals surface area contributed by atoms with Crippen LogP contribution in [0.25, 0.3) is 0 Å².